The first-order chi connectivity index (χ1) is 10.7. The Morgan fingerprint density at radius 3 is 2.86 bits per heavy atom. The molecule has 0 radical (unpaired) electrons. The molecule has 0 aliphatic carbocycles. The number of fused-ring (bicyclic) bond motifs is 1. The molecule has 3 aromatic rings. The average molecular weight is 291 g/mol. The first-order valence-electron chi connectivity index (χ1n) is 7.07. The maximum absolute atomic E-state index is 7.68. The van der Waals surface area contributed by atoms with Crippen LogP contribution < -0.4 is 5.73 Å². The van der Waals surface area contributed by atoms with Gasteiger partial charge in [-0.2, -0.15) is 5.10 Å². The molecule has 0 aliphatic heterocycles. The van der Waals surface area contributed by atoms with E-state index in [9.17, 15) is 0 Å². The molecule has 1 aromatic carbocycles. The van der Waals surface area contributed by atoms with Crippen molar-refractivity contribution in [1.82, 2.24) is 14.8 Å². The normalized spacial score (nSPS) is 11.3. The van der Waals surface area contributed by atoms with Gasteiger partial charge in [-0.05, 0) is 30.2 Å². The highest BCUT2D eigenvalue weighted by atomic mass is 15.3. The molecule has 3 N–H and O–H groups in total. The number of pyridine rings is 1. The highest BCUT2D eigenvalue weighted by Crippen LogP contribution is 2.19. The van der Waals surface area contributed by atoms with Gasteiger partial charge in [0, 0.05) is 6.20 Å². The lowest BCUT2D eigenvalue weighted by Gasteiger charge is -2.07. The lowest BCUT2D eigenvalue weighted by atomic mass is 10.1. The Hall–Kier alpha value is -2.95. The number of nitrogens with zero attached hydrogens (tertiary/aromatic N) is 3. The van der Waals surface area contributed by atoms with Crippen molar-refractivity contribution in [2.45, 2.75) is 13.5 Å². The average Bonchev–Trinajstić information content (AvgIpc) is 2.89. The van der Waals surface area contributed by atoms with E-state index in [2.05, 4.69) is 28.3 Å². The zero-order valence-electron chi connectivity index (χ0n) is 12.3. The molecular formula is C17H17N5. The second kappa shape index (κ2) is 5.81. The lowest BCUT2D eigenvalue weighted by Crippen LogP contribution is -2.13. The van der Waals surface area contributed by atoms with Gasteiger partial charge in [-0.3, -0.25) is 5.41 Å². The van der Waals surface area contributed by atoms with Crippen LogP contribution in [0.5, 0.6) is 0 Å². The maximum Gasteiger partial charge on any atom is 0.158 e. The summed E-state index contributed by atoms with van der Waals surface area (Å²) >= 11 is 0. The van der Waals surface area contributed by atoms with Gasteiger partial charge in [0.05, 0.1) is 11.9 Å². The van der Waals surface area contributed by atoms with E-state index in [0.717, 1.165) is 22.2 Å². The van der Waals surface area contributed by atoms with Crippen LogP contribution in [0.4, 0.5) is 0 Å². The Bertz CT molecular complexity index is 860. The van der Waals surface area contributed by atoms with Crippen molar-refractivity contribution < 1.29 is 0 Å². The third kappa shape index (κ3) is 2.48. The number of allylic oxidation sites excluding steroid dienone is 1. The smallest absolute Gasteiger partial charge is 0.158 e. The van der Waals surface area contributed by atoms with Crippen LogP contribution >= 0.6 is 0 Å². The molecule has 5 nitrogen and oxygen atoms in total. The summed E-state index contributed by atoms with van der Waals surface area (Å²) in [5.41, 5.74) is 9.14. The summed E-state index contributed by atoms with van der Waals surface area (Å²) in [6, 6.07) is 11.9. The van der Waals surface area contributed by atoms with Crippen molar-refractivity contribution >= 4 is 22.9 Å². The molecule has 22 heavy (non-hydrogen) atoms. The molecule has 3 rings (SSSR count). The number of rotatable bonds is 4. The molecule has 0 atom stereocenters. The summed E-state index contributed by atoms with van der Waals surface area (Å²) in [5.74, 6) is -0.0431. The molecule has 0 fully saturated rings. The maximum atomic E-state index is 7.68. The van der Waals surface area contributed by atoms with E-state index in [1.54, 1.807) is 10.9 Å². The summed E-state index contributed by atoms with van der Waals surface area (Å²) in [5, 5.41) is 13.0. The van der Waals surface area contributed by atoms with Crippen LogP contribution in [-0.2, 0) is 6.54 Å². The number of aromatic nitrogens is 3. The van der Waals surface area contributed by atoms with E-state index in [0.29, 0.717) is 12.2 Å². The third-order valence-electron chi connectivity index (χ3n) is 3.48. The van der Waals surface area contributed by atoms with Gasteiger partial charge in [0.15, 0.2) is 5.65 Å². The number of hydrogen-bond acceptors (Lipinski definition) is 3. The lowest BCUT2D eigenvalue weighted by molar-refractivity contribution is 0.700. The first-order valence-corrected chi connectivity index (χ1v) is 7.07. The minimum atomic E-state index is -0.0431. The Kier molecular flexibility index (Phi) is 3.70. The topological polar surface area (TPSA) is 80.6 Å². The fourth-order valence-electron chi connectivity index (χ4n) is 2.50. The molecule has 2 aromatic heterocycles. The molecule has 0 bridgehead atoms. The zero-order chi connectivity index (χ0) is 15.5. The van der Waals surface area contributed by atoms with Crippen LogP contribution in [0.15, 0.2) is 48.7 Å². The predicted molar refractivity (Wildman–Crippen MR) is 88.8 cm³/mol. The molecule has 0 unspecified atom stereocenters. The Morgan fingerprint density at radius 1 is 1.27 bits per heavy atom. The van der Waals surface area contributed by atoms with Gasteiger partial charge in [-0.1, -0.05) is 36.4 Å². The second-order valence-corrected chi connectivity index (χ2v) is 4.99. The molecule has 0 spiro atoms. The van der Waals surface area contributed by atoms with Crippen LogP contribution in [0.3, 0.4) is 0 Å². The number of nitrogen functional groups attached to an aromatic ring is 1. The van der Waals surface area contributed by atoms with Crippen LogP contribution in [0, 0.1) is 5.41 Å². The van der Waals surface area contributed by atoms with E-state index in [1.165, 1.54) is 0 Å². The Labute approximate surface area is 128 Å². The van der Waals surface area contributed by atoms with E-state index < -0.39 is 0 Å². The largest absolute Gasteiger partial charge is 0.382 e. The summed E-state index contributed by atoms with van der Waals surface area (Å²) in [7, 11) is 0. The molecule has 110 valence electrons. The first kappa shape index (κ1) is 14.0. The summed E-state index contributed by atoms with van der Waals surface area (Å²) < 4.78 is 1.80. The number of nitrogens with two attached hydrogens (primary N) is 1. The van der Waals surface area contributed by atoms with Crippen molar-refractivity contribution in [2.24, 2.45) is 5.73 Å². The number of nitrogens with one attached hydrogen (secondary N) is 1. The number of hydrogen-bond donors (Lipinski definition) is 2. The molecule has 5 heteroatoms. The highest BCUT2D eigenvalue weighted by Gasteiger charge is 2.14. The summed E-state index contributed by atoms with van der Waals surface area (Å²) in [4.78, 5) is 4.39. The fraction of sp³-hybridized carbons (Fsp3) is 0.118. The number of amidine groups is 1. The van der Waals surface area contributed by atoms with Gasteiger partial charge in [0.25, 0.3) is 0 Å². The van der Waals surface area contributed by atoms with E-state index in [4.69, 9.17) is 11.1 Å². The standard InChI is InChI=1S/C17H17N5/c1-2-6-12-7-3-4-8-13(12)11-22-17-14(9-5-10-20-17)15(21-22)16(18)19/h2-10H,11H2,1H3,(H3,18,19)/b6-2+. The van der Waals surface area contributed by atoms with Gasteiger partial charge >= 0.3 is 0 Å². The number of benzene rings is 1. The van der Waals surface area contributed by atoms with Crippen LogP contribution in [0.25, 0.3) is 17.1 Å². The Morgan fingerprint density at radius 2 is 2.09 bits per heavy atom. The van der Waals surface area contributed by atoms with Crippen molar-refractivity contribution in [1.29, 1.82) is 5.41 Å². The van der Waals surface area contributed by atoms with Gasteiger partial charge in [0.1, 0.15) is 11.5 Å². The monoisotopic (exact) mass is 291 g/mol. The van der Waals surface area contributed by atoms with E-state index in [-0.39, 0.29) is 5.84 Å². The van der Waals surface area contributed by atoms with E-state index >= 15 is 0 Å². The van der Waals surface area contributed by atoms with Crippen molar-refractivity contribution in [2.75, 3.05) is 0 Å². The van der Waals surface area contributed by atoms with Crippen LogP contribution in [0.2, 0.25) is 0 Å². The quantitative estimate of drug-likeness (QED) is 0.573. The molecule has 2 heterocycles. The second-order valence-electron chi connectivity index (χ2n) is 4.99. The van der Waals surface area contributed by atoms with Crippen molar-refractivity contribution in [3.63, 3.8) is 0 Å². The van der Waals surface area contributed by atoms with Gasteiger partial charge in [-0.15, -0.1) is 0 Å². The van der Waals surface area contributed by atoms with Gasteiger partial charge in [-0.25, -0.2) is 9.67 Å². The zero-order valence-corrected chi connectivity index (χ0v) is 12.3. The minimum Gasteiger partial charge on any atom is -0.382 e. The fourth-order valence-corrected chi connectivity index (χ4v) is 2.50. The molecule has 0 amide bonds. The van der Waals surface area contributed by atoms with Crippen molar-refractivity contribution in [3.8, 4) is 0 Å². The minimum absolute atomic E-state index is 0.0431. The predicted octanol–water partition coefficient (Wildman–Crippen LogP) is 2.80. The molecule has 0 saturated carbocycles. The third-order valence-corrected chi connectivity index (χ3v) is 3.48. The van der Waals surface area contributed by atoms with Crippen LogP contribution in [0.1, 0.15) is 23.7 Å². The summed E-state index contributed by atoms with van der Waals surface area (Å²) in [6.07, 6.45) is 5.81. The van der Waals surface area contributed by atoms with Crippen LogP contribution in [-0.4, -0.2) is 20.6 Å². The van der Waals surface area contributed by atoms with Gasteiger partial charge < -0.3 is 5.73 Å². The van der Waals surface area contributed by atoms with E-state index in [1.807, 2.05) is 37.3 Å². The summed E-state index contributed by atoms with van der Waals surface area (Å²) in [6.45, 7) is 2.58. The molecule has 0 saturated heterocycles. The Balaban J connectivity index is 2.10. The highest BCUT2D eigenvalue weighted by molar-refractivity contribution is 6.04. The molecule has 0 aliphatic rings. The van der Waals surface area contributed by atoms with Gasteiger partial charge in [0.2, 0.25) is 0 Å². The molecular weight excluding hydrogens is 274 g/mol. The van der Waals surface area contributed by atoms with Crippen molar-refractivity contribution in [3.05, 3.63) is 65.5 Å². The SMILES string of the molecule is C/C=C/c1ccccc1Cn1nc(C(=N)N)c2cccnc21.